The number of fused-ring (bicyclic) bond motifs is 1. The summed E-state index contributed by atoms with van der Waals surface area (Å²) in [6.45, 7) is 2.05. The number of aromatic nitrogens is 7. The summed E-state index contributed by atoms with van der Waals surface area (Å²) in [7, 11) is 1.53. The molecule has 2 saturated carbocycles. The zero-order valence-corrected chi connectivity index (χ0v) is 24.8. The molecule has 0 radical (unpaired) electrons. The highest BCUT2D eigenvalue weighted by atomic mass is 79.9. The van der Waals surface area contributed by atoms with Crippen molar-refractivity contribution < 1.29 is 17.9 Å². The van der Waals surface area contributed by atoms with E-state index in [2.05, 4.69) is 35.9 Å². The number of rotatable bonds is 7. The molecule has 0 unspecified atom stereocenters. The largest absolute Gasteiger partial charge is 0.480 e. The maximum absolute atomic E-state index is 13.5. The summed E-state index contributed by atoms with van der Waals surface area (Å²) in [4.78, 5) is 35.6. The molecule has 220 valence electrons. The number of methoxy groups -OCH3 is 1. The molecule has 2 aliphatic rings. The molecule has 0 amide bonds. The van der Waals surface area contributed by atoms with Gasteiger partial charge >= 0.3 is 6.18 Å². The fraction of sp³-hybridized carbons (Fsp3) is 0.333. The van der Waals surface area contributed by atoms with Gasteiger partial charge in [-0.1, -0.05) is 12.1 Å². The second kappa shape index (κ2) is 10.2. The first-order valence-corrected chi connectivity index (χ1v) is 14.6. The average molecular weight is 652 g/mol. The molecule has 0 aliphatic heterocycles. The summed E-state index contributed by atoms with van der Waals surface area (Å²) in [6, 6.07) is 7.10. The Morgan fingerprint density at radius 1 is 1.07 bits per heavy atom. The highest BCUT2D eigenvalue weighted by Crippen LogP contribution is 2.45. The summed E-state index contributed by atoms with van der Waals surface area (Å²) in [6.07, 6.45) is 3.36. The molecule has 0 saturated heterocycles. The molecule has 1 aromatic carbocycles. The lowest BCUT2D eigenvalue weighted by molar-refractivity contribution is -0.140. The minimum Gasteiger partial charge on any atom is -0.480 e. The molecule has 5 aromatic rings. The highest BCUT2D eigenvalue weighted by molar-refractivity contribution is 9.10. The third-order valence-corrected chi connectivity index (χ3v) is 8.47. The van der Waals surface area contributed by atoms with Gasteiger partial charge < -0.3 is 9.30 Å². The number of alkyl halides is 3. The van der Waals surface area contributed by atoms with E-state index in [-0.39, 0.29) is 29.9 Å². The number of hydrogen-bond donors (Lipinski definition) is 0. The Bertz CT molecular complexity index is 1960. The Hall–Kier alpha value is -4.13. The van der Waals surface area contributed by atoms with Crippen LogP contribution in [0.15, 0.2) is 52.3 Å². The summed E-state index contributed by atoms with van der Waals surface area (Å²) >= 11 is 3.38. The van der Waals surface area contributed by atoms with Crippen LogP contribution in [0.3, 0.4) is 0 Å². The minimum absolute atomic E-state index is 0.0214. The van der Waals surface area contributed by atoms with Gasteiger partial charge in [-0.3, -0.25) is 9.36 Å². The second-order valence-electron chi connectivity index (χ2n) is 11.0. The lowest BCUT2D eigenvalue weighted by Crippen LogP contribution is -2.23. The molecule has 2 fully saturated rings. The summed E-state index contributed by atoms with van der Waals surface area (Å²) in [5.74, 6) is 1.30. The maximum Gasteiger partial charge on any atom is 0.434 e. The molecule has 9 nitrogen and oxygen atoms in total. The third-order valence-electron chi connectivity index (χ3n) is 7.90. The topological polar surface area (TPSA) is 101 Å². The van der Waals surface area contributed by atoms with E-state index >= 15 is 0 Å². The number of hydrogen-bond acceptors (Lipinski definition) is 7. The van der Waals surface area contributed by atoms with Crippen molar-refractivity contribution in [3.63, 3.8) is 0 Å². The molecule has 4 aromatic heterocycles. The molecular formula is C30H25BrF3N7O2. The Labute approximate surface area is 252 Å². The predicted octanol–water partition coefficient (Wildman–Crippen LogP) is 6.47. The molecule has 43 heavy (non-hydrogen) atoms. The van der Waals surface area contributed by atoms with E-state index < -0.39 is 11.9 Å². The van der Waals surface area contributed by atoms with Crippen molar-refractivity contribution in [1.82, 2.24) is 34.1 Å². The quantitative estimate of drug-likeness (QED) is 0.199. The Morgan fingerprint density at radius 3 is 2.53 bits per heavy atom. The van der Waals surface area contributed by atoms with Crippen LogP contribution in [0, 0.1) is 6.92 Å². The first kappa shape index (κ1) is 27.7. The van der Waals surface area contributed by atoms with Crippen LogP contribution in [0.2, 0.25) is 0 Å². The number of benzene rings is 1. The predicted molar refractivity (Wildman–Crippen MR) is 156 cm³/mol. The van der Waals surface area contributed by atoms with Crippen molar-refractivity contribution in [3.8, 4) is 28.7 Å². The first-order chi connectivity index (χ1) is 20.6. The van der Waals surface area contributed by atoms with E-state index in [9.17, 15) is 18.0 Å². The van der Waals surface area contributed by atoms with E-state index in [0.29, 0.717) is 38.3 Å². The molecule has 0 atom stereocenters. The molecule has 0 spiro atoms. The van der Waals surface area contributed by atoms with Crippen LogP contribution in [0.5, 0.6) is 5.88 Å². The van der Waals surface area contributed by atoms with Crippen LogP contribution < -0.4 is 10.3 Å². The number of aryl methyl sites for hydroxylation is 1. The second-order valence-corrected chi connectivity index (χ2v) is 11.9. The van der Waals surface area contributed by atoms with E-state index in [1.165, 1.54) is 13.4 Å². The van der Waals surface area contributed by atoms with Gasteiger partial charge in [0.15, 0.2) is 11.5 Å². The fourth-order valence-electron chi connectivity index (χ4n) is 5.36. The van der Waals surface area contributed by atoms with E-state index in [1.54, 1.807) is 27.5 Å². The number of halogens is 4. The fourth-order valence-corrected chi connectivity index (χ4v) is 5.82. The Morgan fingerprint density at radius 2 is 1.86 bits per heavy atom. The van der Waals surface area contributed by atoms with Crippen molar-refractivity contribution in [3.05, 3.63) is 80.3 Å². The number of pyridine rings is 1. The van der Waals surface area contributed by atoms with Crippen LogP contribution in [0.4, 0.5) is 13.2 Å². The summed E-state index contributed by atoms with van der Waals surface area (Å²) < 4.78 is 49.5. The molecule has 7 rings (SSSR count). The molecule has 0 N–H and O–H groups in total. The van der Waals surface area contributed by atoms with Crippen molar-refractivity contribution in [2.24, 2.45) is 0 Å². The number of imidazole rings is 1. The van der Waals surface area contributed by atoms with Gasteiger partial charge in [0.2, 0.25) is 5.88 Å². The van der Waals surface area contributed by atoms with E-state index in [1.807, 2.05) is 19.1 Å². The van der Waals surface area contributed by atoms with Gasteiger partial charge in [-0.2, -0.15) is 13.2 Å². The van der Waals surface area contributed by atoms with Crippen LogP contribution in [-0.4, -0.2) is 41.2 Å². The van der Waals surface area contributed by atoms with Gasteiger partial charge in [-0.25, -0.2) is 24.9 Å². The van der Waals surface area contributed by atoms with Gasteiger partial charge in [0.1, 0.15) is 23.4 Å². The number of ether oxygens (including phenoxy) is 1. The molecule has 13 heteroatoms. The van der Waals surface area contributed by atoms with Crippen LogP contribution in [-0.2, 0) is 12.7 Å². The Kier molecular flexibility index (Phi) is 6.60. The smallest absolute Gasteiger partial charge is 0.434 e. The van der Waals surface area contributed by atoms with Crippen LogP contribution in [0.1, 0.15) is 60.2 Å². The zero-order chi connectivity index (χ0) is 30.0. The van der Waals surface area contributed by atoms with Gasteiger partial charge in [0.05, 0.1) is 23.8 Å². The summed E-state index contributed by atoms with van der Waals surface area (Å²) in [5.41, 5.74) is 2.88. The maximum atomic E-state index is 13.5. The normalized spacial score (nSPS) is 15.3. The lowest BCUT2D eigenvalue weighted by atomic mass is 10.0. The molecular weight excluding hydrogens is 627 g/mol. The SMILES string of the molecule is COc1ncnc(C2CC2)c1-c1ncc2cc(Br)c(=O)n(Cc3ccc(-c4nc(C(F)(F)F)cn4C4CC4)cc3C)c2n1. The van der Waals surface area contributed by atoms with Gasteiger partial charge in [-0.05, 0) is 71.8 Å². The van der Waals surface area contributed by atoms with Gasteiger partial charge in [0, 0.05) is 35.3 Å². The average Bonchev–Trinajstić information content (AvgIpc) is 3.93. The van der Waals surface area contributed by atoms with Gasteiger partial charge in [0.25, 0.3) is 5.56 Å². The Balaban J connectivity index is 1.30. The summed E-state index contributed by atoms with van der Waals surface area (Å²) in [5, 5.41) is 0.652. The molecule has 2 aliphatic carbocycles. The lowest BCUT2D eigenvalue weighted by Gasteiger charge is -2.15. The van der Waals surface area contributed by atoms with Crippen molar-refractivity contribution >= 4 is 27.0 Å². The van der Waals surface area contributed by atoms with Crippen LogP contribution in [0.25, 0.3) is 33.8 Å². The minimum atomic E-state index is -4.52. The highest BCUT2D eigenvalue weighted by Gasteiger charge is 2.37. The zero-order valence-electron chi connectivity index (χ0n) is 23.2. The third kappa shape index (κ3) is 5.09. The molecule has 0 bridgehead atoms. The standard InChI is InChI=1S/C30H25BrF3N7O2/c1-15-9-17(26-38-22(30(32,33)34)13-40(26)20-7-8-20)5-6-18(15)12-41-27-19(10-21(31)29(41)42)11-35-25(39-27)23-24(16-3-4-16)36-14-37-28(23)43-2/h5-6,9-11,13-14,16,20H,3-4,7-8,12H2,1-2H3. The van der Waals surface area contributed by atoms with Crippen molar-refractivity contribution in [2.75, 3.05) is 7.11 Å². The number of nitrogens with zero attached hydrogens (tertiary/aromatic N) is 7. The van der Waals surface area contributed by atoms with E-state index in [0.717, 1.165) is 48.7 Å². The monoisotopic (exact) mass is 651 g/mol. The van der Waals surface area contributed by atoms with Crippen molar-refractivity contribution in [1.29, 1.82) is 0 Å². The van der Waals surface area contributed by atoms with Gasteiger partial charge in [-0.15, -0.1) is 0 Å². The van der Waals surface area contributed by atoms with Crippen molar-refractivity contribution in [2.45, 2.75) is 57.3 Å². The molecule has 4 heterocycles. The van der Waals surface area contributed by atoms with Crippen LogP contribution >= 0.6 is 15.9 Å². The van der Waals surface area contributed by atoms with E-state index in [4.69, 9.17) is 9.72 Å². The first-order valence-electron chi connectivity index (χ1n) is 13.8.